The van der Waals surface area contributed by atoms with E-state index in [-0.39, 0.29) is 30.2 Å². The van der Waals surface area contributed by atoms with Gasteiger partial charge in [-0.2, -0.15) is 0 Å². The number of hydrogen-bond donors (Lipinski definition) is 2. The van der Waals surface area contributed by atoms with Crippen molar-refractivity contribution in [2.24, 2.45) is 5.41 Å². The Kier molecular flexibility index (Phi) is 8.63. The van der Waals surface area contributed by atoms with Crippen LogP contribution in [0.1, 0.15) is 107 Å². The van der Waals surface area contributed by atoms with Gasteiger partial charge in [0.25, 0.3) is 5.91 Å². The molecule has 0 radical (unpaired) electrons. The molecule has 0 saturated heterocycles. The molecule has 0 bridgehead atoms. The highest BCUT2D eigenvalue weighted by molar-refractivity contribution is 5.97. The van der Waals surface area contributed by atoms with E-state index in [9.17, 15) is 14.7 Å². The van der Waals surface area contributed by atoms with E-state index in [0.29, 0.717) is 5.69 Å². The lowest BCUT2D eigenvalue weighted by Gasteiger charge is -2.23. The van der Waals surface area contributed by atoms with E-state index < -0.39 is 11.4 Å². The minimum Gasteiger partial charge on any atom is -0.481 e. The smallest absolute Gasteiger partial charge is 0.303 e. The summed E-state index contributed by atoms with van der Waals surface area (Å²) in [5, 5.41) is 14.1. The molecule has 208 valence electrons. The number of carboxylic acid groups (broad SMARTS) is 1. The molecule has 39 heavy (non-hydrogen) atoms. The van der Waals surface area contributed by atoms with Crippen LogP contribution in [0, 0.1) is 5.41 Å². The number of benzene rings is 2. The highest BCUT2D eigenvalue weighted by Crippen LogP contribution is 2.37. The molecule has 1 fully saturated rings. The summed E-state index contributed by atoms with van der Waals surface area (Å²) in [6.07, 6.45) is 6.86. The quantitative estimate of drug-likeness (QED) is 0.288. The molecular weight excluding hydrogens is 488 g/mol. The third-order valence-electron chi connectivity index (χ3n) is 7.62. The number of nitrogens with zero attached hydrogens (tertiary/aromatic N) is 1. The van der Waals surface area contributed by atoms with Gasteiger partial charge in [0.1, 0.15) is 17.2 Å². The number of hydrogen-bond acceptors (Lipinski definition) is 4. The molecule has 0 unspecified atom stereocenters. The average Bonchev–Trinajstić information content (AvgIpc) is 3.15. The SMILES string of the molecule is CC(C)(CNC(=O)c1cc2ccc(Oc3ccc(C(C)(C)C)cc3)cc2c(C2CCCCCC2)n1)CC(=O)O. The van der Waals surface area contributed by atoms with E-state index in [1.165, 1.54) is 18.4 Å². The fourth-order valence-electron chi connectivity index (χ4n) is 5.34. The van der Waals surface area contributed by atoms with Crippen LogP contribution in [-0.2, 0) is 10.2 Å². The Morgan fingerprint density at radius 2 is 1.56 bits per heavy atom. The van der Waals surface area contributed by atoms with Gasteiger partial charge < -0.3 is 15.2 Å². The molecule has 1 amide bonds. The maximum atomic E-state index is 13.2. The summed E-state index contributed by atoms with van der Waals surface area (Å²) in [4.78, 5) is 29.3. The van der Waals surface area contributed by atoms with Crippen LogP contribution in [0.4, 0.5) is 0 Å². The van der Waals surface area contributed by atoms with Gasteiger partial charge in [-0.15, -0.1) is 0 Å². The number of aliphatic carboxylic acids is 1. The van der Waals surface area contributed by atoms with Gasteiger partial charge in [0.2, 0.25) is 0 Å². The van der Waals surface area contributed by atoms with Crippen LogP contribution in [0.3, 0.4) is 0 Å². The van der Waals surface area contributed by atoms with E-state index >= 15 is 0 Å². The summed E-state index contributed by atoms with van der Waals surface area (Å²) in [5.74, 6) is 0.663. The standard InChI is InChI=1S/C33H42N2O4/c1-32(2,3)24-13-16-25(17-14-24)39-26-15-12-23-18-28(31(38)34-21-33(4,5)20-29(36)37)35-30(27(23)19-26)22-10-8-6-7-9-11-22/h12-19,22H,6-11,20-21H2,1-5H3,(H,34,38)(H,36,37). The first-order valence-corrected chi connectivity index (χ1v) is 14.1. The van der Waals surface area contributed by atoms with Gasteiger partial charge in [-0.1, -0.05) is 78.5 Å². The number of fused-ring (bicyclic) bond motifs is 1. The van der Waals surface area contributed by atoms with Crippen molar-refractivity contribution in [2.75, 3.05) is 6.54 Å². The molecule has 0 spiro atoms. The maximum absolute atomic E-state index is 13.2. The first kappa shape index (κ1) is 28.6. The number of nitrogens with one attached hydrogen (secondary N) is 1. The van der Waals surface area contributed by atoms with Gasteiger partial charge in [-0.3, -0.25) is 9.59 Å². The van der Waals surface area contributed by atoms with Crippen LogP contribution in [0.25, 0.3) is 10.8 Å². The Morgan fingerprint density at radius 3 is 2.18 bits per heavy atom. The lowest BCUT2D eigenvalue weighted by atomic mass is 9.87. The number of rotatable bonds is 8. The maximum Gasteiger partial charge on any atom is 0.303 e. The molecule has 2 N–H and O–H groups in total. The normalized spacial score (nSPS) is 15.1. The van der Waals surface area contributed by atoms with Crippen molar-refractivity contribution in [1.82, 2.24) is 10.3 Å². The van der Waals surface area contributed by atoms with Crippen molar-refractivity contribution in [3.8, 4) is 11.5 Å². The fraction of sp³-hybridized carbons (Fsp3) is 0.485. The topological polar surface area (TPSA) is 88.5 Å². The summed E-state index contributed by atoms with van der Waals surface area (Å²) in [6, 6.07) is 16.1. The molecule has 0 atom stereocenters. The van der Waals surface area contributed by atoms with E-state index in [1.54, 1.807) is 0 Å². The lowest BCUT2D eigenvalue weighted by molar-refractivity contribution is -0.139. The third-order valence-corrected chi connectivity index (χ3v) is 7.62. The second-order valence-corrected chi connectivity index (χ2v) is 12.8. The zero-order valence-electron chi connectivity index (χ0n) is 24.0. The third kappa shape index (κ3) is 7.59. The van der Waals surface area contributed by atoms with Gasteiger partial charge in [0, 0.05) is 17.8 Å². The molecule has 1 aliphatic carbocycles. The molecule has 1 aliphatic rings. The molecular formula is C33H42N2O4. The van der Waals surface area contributed by atoms with Crippen LogP contribution in [0.15, 0.2) is 48.5 Å². The van der Waals surface area contributed by atoms with Crippen molar-refractivity contribution in [3.05, 3.63) is 65.5 Å². The van der Waals surface area contributed by atoms with E-state index in [2.05, 4.69) is 44.3 Å². The Labute approximate surface area is 232 Å². The molecule has 0 aliphatic heterocycles. The highest BCUT2D eigenvalue weighted by Gasteiger charge is 2.25. The van der Waals surface area contributed by atoms with Crippen LogP contribution < -0.4 is 10.1 Å². The summed E-state index contributed by atoms with van der Waals surface area (Å²) in [7, 11) is 0. The lowest BCUT2D eigenvalue weighted by Crippen LogP contribution is -2.35. The minimum absolute atomic E-state index is 0.0204. The van der Waals surface area contributed by atoms with E-state index in [0.717, 1.165) is 53.6 Å². The molecule has 1 saturated carbocycles. The van der Waals surface area contributed by atoms with Crippen molar-refractivity contribution in [3.63, 3.8) is 0 Å². The fourth-order valence-corrected chi connectivity index (χ4v) is 5.34. The summed E-state index contributed by atoms with van der Waals surface area (Å²) in [6.45, 7) is 10.5. The molecule has 1 heterocycles. The molecule has 6 heteroatoms. The highest BCUT2D eigenvalue weighted by atomic mass is 16.5. The zero-order valence-corrected chi connectivity index (χ0v) is 24.0. The van der Waals surface area contributed by atoms with Crippen molar-refractivity contribution in [2.45, 2.75) is 90.9 Å². The van der Waals surface area contributed by atoms with Crippen molar-refractivity contribution < 1.29 is 19.4 Å². The van der Waals surface area contributed by atoms with Crippen LogP contribution in [-0.4, -0.2) is 28.5 Å². The molecule has 4 rings (SSSR count). The summed E-state index contributed by atoms with van der Waals surface area (Å²) >= 11 is 0. The Hall–Kier alpha value is -3.41. The van der Waals surface area contributed by atoms with Gasteiger partial charge in [0.15, 0.2) is 0 Å². The minimum atomic E-state index is -0.878. The van der Waals surface area contributed by atoms with Crippen LogP contribution in [0.5, 0.6) is 11.5 Å². The van der Waals surface area contributed by atoms with Gasteiger partial charge in [-0.05, 0) is 65.0 Å². The number of aromatic nitrogens is 1. The number of carbonyl (C=O) groups is 2. The van der Waals surface area contributed by atoms with Crippen molar-refractivity contribution >= 4 is 22.6 Å². The molecule has 2 aromatic carbocycles. The van der Waals surface area contributed by atoms with Crippen LogP contribution in [0.2, 0.25) is 0 Å². The number of ether oxygens (including phenoxy) is 1. The van der Waals surface area contributed by atoms with Crippen molar-refractivity contribution in [1.29, 1.82) is 0 Å². The monoisotopic (exact) mass is 530 g/mol. The van der Waals surface area contributed by atoms with E-state index in [4.69, 9.17) is 9.72 Å². The Balaban J connectivity index is 1.65. The second-order valence-electron chi connectivity index (χ2n) is 12.8. The zero-order chi connectivity index (χ0) is 28.2. The second kappa shape index (κ2) is 11.8. The van der Waals surface area contributed by atoms with Gasteiger partial charge >= 0.3 is 5.97 Å². The molecule has 6 nitrogen and oxygen atoms in total. The summed E-state index contributed by atoms with van der Waals surface area (Å²) in [5.41, 5.74) is 2.11. The average molecular weight is 531 g/mol. The predicted molar refractivity (Wildman–Crippen MR) is 156 cm³/mol. The number of carbonyl (C=O) groups excluding carboxylic acids is 1. The van der Waals surface area contributed by atoms with Crippen LogP contribution >= 0.6 is 0 Å². The van der Waals surface area contributed by atoms with Gasteiger partial charge in [-0.25, -0.2) is 4.98 Å². The predicted octanol–water partition coefficient (Wildman–Crippen LogP) is 7.99. The van der Waals surface area contributed by atoms with E-state index in [1.807, 2.05) is 44.2 Å². The molecule has 1 aromatic heterocycles. The Bertz CT molecular complexity index is 1310. The number of amides is 1. The first-order valence-electron chi connectivity index (χ1n) is 14.1. The first-order chi connectivity index (χ1) is 18.4. The number of carboxylic acids is 1. The molecule has 3 aromatic rings. The van der Waals surface area contributed by atoms with Gasteiger partial charge in [0.05, 0.1) is 12.1 Å². The number of pyridine rings is 1. The summed E-state index contributed by atoms with van der Waals surface area (Å²) < 4.78 is 6.25. The largest absolute Gasteiger partial charge is 0.481 e. The Morgan fingerprint density at radius 1 is 0.923 bits per heavy atom.